The highest BCUT2D eigenvalue weighted by molar-refractivity contribution is 6.01. The van der Waals surface area contributed by atoms with Crippen molar-refractivity contribution >= 4 is 11.9 Å². The summed E-state index contributed by atoms with van der Waals surface area (Å²) in [7, 11) is 0. The van der Waals surface area contributed by atoms with Crippen LogP contribution >= 0.6 is 0 Å². The van der Waals surface area contributed by atoms with E-state index in [0.717, 1.165) is 6.42 Å². The van der Waals surface area contributed by atoms with Gasteiger partial charge in [-0.05, 0) is 48.3 Å². The molecule has 0 N–H and O–H groups in total. The van der Waals surface area contributed by atoms with Crippen LogP contribution in [0.15, 0.2) is 0 Å². The number of hydrogen-bond donors (Lipinski definition) is 0. The maximum atomic E-state index is 13.1. The quantitative estimate of drug-likeness (QED) is 0.468. The summed E-state index contributed by atoms with van der Waals surface area (Å²) in [6.07, 6.45) is 1.40. The number of carbonyl (C=O) groups is 2. The SMILES string of the molecule is CC(C)COC(=O)C1(C(=O)OCC(C)C)CCC(C(C)C)C1C(C)C. The fourth-order valence-corrected chi connectivity index (χ4v) is 4.22. The van der Waals surface area contributed by atoms with E-state index in [1.807, 2.05) is 27.7 Å². The van der Waals surface area contributed by atoms with Gasteiger partial charge in [-0.1, -0.05) is 55.4 Å². The van der Waals surface area contributed by atoms with Crippen LogP contribution in [0.1, 0.15) is 68.2 Å². The van der Waals surface area contributed by atoms with E-state index in [9.17, 15) is 9.59 Å². The molecule has 2 atom stereocenters. The predicted octanol–water partition coefficient (Wildman–Crippen LogP) is 4.71. The van der Waals surface area contributed by atoms with Crippen LogP contribution in [-0.2, 0) is 19.1 Å². The third-order valence-corrected chi connectivity index (χ3v) is 5.30. The van der Waals surface area contributed by atoms with Crippen LogP contribution in [0.3, 0.4) is 0 Å². The third kappa shape index (κ3) is 4.98. The molecular weight excluding hydrogens is 316 g/mol. The highest BCUT2D eigenvalue weighted by Crippen LogP contribution is 2.54. The fraction of sp³-hybridized carbons (Fsp3) is 0.905. The Labute approximate surface area is 154 Å². The predicted molar refractivity (Wildman–Crippen MR) is 99.9 cm³/mol. The molecule has 0 spiro atoms. The molecule has 0 aromatic heterocycles. The van der Waals surface area contributed by atoms with Gasteiger partial charge in [-0.25, -0.2) is 0 Å². The van der Waals surface area contributed by atoms with Gasteiger partial charge in [0.05, 0.1) is 13.2 Å². The van der Waals surface area contributed by atoms with Gasteiger partial charge in [0.25, 0.3) is 0 Å². The molecule has 1 fully saturated rings. The molecule has 2 unspecified atom stereocenters. The highest BCUT2D eigenvalue weighted by Gasteiger charge is 2.62. The molecule has 0 aromatic carbocycles. The molecule has 4 nitrogen and oxygen atoms in total. The van der Waals surface area contributed by atoms with Crippen molar-refractivity contribution in [2.75, 3.05) is 13.2 Å². The van der Waals surface area contributed by atoms with Crippen LogP contribution in [0.5, 0.6) is 0 Å². The van der Waals surface area contributed by atoms with Gasteiger partial charge < -0.3 is 9.47 Å². The molecule has 0 heterocycles. The number of esters is 2. The van der Waals surface area contributed by atoms with E-state index < -0.39 is 5.41 Å². The Hall–Kier alpha value is -1.06. The second-order valence-corrected chi connectivity index (χ2v) is 9.17. The second-order valence-electron chi connectivity index (χ2n) is 9.17. The van der Waals surface area contributed by atoms with E-state index in [-0.39, 0.29) is 35.6 Å². The lowest BCUT2D eigenvalue weighted by atomic mass is 9.67. The van der Waals surface area contributed by atoms with E-state index in [0.29, 0.717) is 31.5 Å². The summed E-state index contributed by atoms with van der Waals surface area (Å²) in [6.45, 7) is 17.3. The molecular formula is C21H38O4. The minimum absolute atomic E-state index is 0.0353. The Morgan fingerprint density at radius 3 is 1.60 bits per heavy atom. The van der Waals surface area contributed by atoms with Crippen molar-refractivity contribution in [3.05, 3.63) is 0 Å². The summed E-state index contributed by atoms with van der Waals surface area (Å²) in [5, 5.41) is 0. The first-order valence-electron chi connectivity index (χ1n) is 9.88. The number of rotatable bonds is 8. The largest absolute Gasteiger partial charge is 0.465 e. The van der Waals surface area contributed by atoms with Crippen LogP contribution in [0.4, 0.5) is 0 Å². The van der Waals surface area contributed by atoms with Crippen LogP contribution in [0, 0.1) is 40.9 Å². The minimum atomic E-state index is -1.15. The molecule has 0 amide bonds. The van der Waals surface area contributed by atoms with Gasteiger partial charge in [-0.15, -0.1) is 0 Å². The van der Waals surface area contributed by atoms with Crippen LogP contribution in [0.25, 0.3) is 0 Å². The summed E-state index contributed by atoms with van der Waals surface area (Å²) in [5.74, 6) is 0.664. The molecule has 0 saturated heterocycles. The Morgan fingerprint density at radius 1 is 0.840 bits per heavy atom. The molecule has 0 aliphatic heterocycles. The maximum Gasteiger partial charge on any atom is 0.323 e. The standard InChI is InChI=1S/C21H38O4/c1-13(2)11-24-19(22)21(20(23)25-12-14(3)4)10-9-17(15(5)6)18(21)16(7)8/h13-18H,9-12H2,1-8H3. The maximum absolute atomic E-state index is 13.1. The van der Waals surface area contributed by atoms with E-state index in [4.69, 9.17) is 9.47 Å². The molecule has 1 aliphatic carbocycles. The lowest BCUT2D eigenvalue weighted by Gasteiger charge is -2.37. The zero-order chi connectivity index (χ0) is 19.4. The first-order valence-corrected chi connectivity index (χ1v) is 9.88. The van der Waals surface area contributed by atoms with Gasteiger partial charge in [0.15, 0.2) is 5.41 Å². The van der Waals surface area contributed by atoms with E-state index >= 15 is 0 Å². The normalized spacial score (nSPS) is 22.9. The van der Waals surface area contributed by atoms with Crippen molar-refractivity contribution < 1.29 is 19.1 Å². The lowest BCUT2D eigenvalue weighted by molar-refractivity contribution is -0.179. The molecule has 1 aliphatic rings. The van der Waals surface area contributed by atoms with Gasteiger partial charge in [0.1, 0.15) is 0 Å². The van der Waals surface area contributed by atoms with Gasteiger partial charge in [0, 0.05) is 0 Å². The monoisotopic (exact) mass is 354 g/mol. The van der Waals surface area contributed by atoms with Crippen molar-refractivity contribution in [1.29, 1.82) is 0 Å². The van der Waals surface area contributed by atoms with Crippen molar-refractivity contribution in [3.63, 3.8) is 0 Å². The summed E-state index contributed by atoms with van der Waals surface area (Å²) in [5.41, 5.74) is -1.15. The minimum Gasteiger partial charge on any atom is -0.465 e. The third-order valence-electron chi connectivity index (χ3n) is 5.30. The van der Waals surface area contributed by atoms with Crippen molar-refractivity contribution in [2.45, 2.75) is 68.2 Å². The Kier molecular flexibility index (Phi) is 7.95. The van der Waals surface area contributed by atoms with Crippen LogP contribution in [-0.4, -0.2) is 25.2 Å². The summed E-state index contributed by atoms with van der Waals surface area (Å²) in [6, 6.07) is 0. The first kappa shape index (κ1) is 22.0. The summed E-state index contributed by atoms with van der Waals surface area (Å²) < 4.78 is 11.2. The van der Waals surface area contributed by atoms with Gasteiger partial charge >= 0.3 is 11.9 Å². The van der Waals surface area contributed by atoms with E-state index in [1.54, 1.807) is 0 Å². The highest BCUT2D eigenvalue weighted by atomic mass is 16.6. The molecule has 0 radical (unpaired) electrons. The zero-order valence-corrected chi connectivity index (χ0v) is 17.4. The molecule has 0 bridgehead atoms. The Morgan fingerprint density at radius 2 is 1.28 bits per heavy atom. The van der Waals surface area contributed by atoms with Crippen molar-refractivity contribution in [2.24, 2.45) is 40.9 Å². The molecule has 0 aromatic rings. The Balaban J connectivity index is 3.21. The van der Waals surface area contributed by atoms with E-state index in [1.165, 1.54) is 0 Å². The van der Waals surface area contributed by atoms with Gasteiger partial charge in [-0.2, -0.15) is 0 Å². The van der Waals surface area contributed by atoms with Crippen LogP contribution < -0.4 is 0 Å². The first-order chi connectivity index (χ1) is 11.5. The van der Waals surface area contributed by atoms with Gasteiger partial charge in [0.2, 0.25) is 0 Å². The smallest absolute Gasteiger partial charge is 0.323 e. The number of carbonyl (C=O) groups excluding carboxylic acids is 2. The summed E-state index contributed by atoms with van der Waals surface area (Å²) in [4.78, 5) is 26.2. The molecule has 146 valence electrons. The lowest BCUT2D eigenvalue weighted by Crippen LogP contribution is -2.48. The fourth-order valence-electron chi connectivity index (χ4n) is 4.22. The second kappa shape index (κ2) is 9.05. The van der Waals surface area contributed by atoms with Crippen molar-refractivity contribution in [3.8, 4) is 0 Å². The molecule has 1 rings (SSSR count). The topological polar surface area (TPSA) is 52.6 Å². The summed E-state index contributed by atoms with van der Waals surface area (Å²) >= 11 is 0. The number of ether oxygens (including phenoxy) is 2. The molecule has 1 saturated carbocycles. The van der Waals surface area contributed by atoms with Crippen molar-refractivity contribution in [1.82, 2.24) is 0 Å². The number of hydrogen-bond acceptors (Lipinski definition) is 4. The molecule has 4 heteroatoms. The average molecular weight is 355 g/mol. The van der Waals surface area contributed by atoms with E-state index in [2.05, 4.69) is 27.7 Å². The van der Waals surface area contributed by atoms with Gasteiger partial charge in [-0.3, -0.25) is 9.59 Å². The Bertz CT molecular complexity index is 427. The molecule has 25 heavy (non-hydrogen) atoms. The average Bonchev–Trinajstić information content (AvgIpc) is 2.92. The zero-order valence-electron chi connectivity index (χ0n) is 17.4. The van der Waals surface area contributed by atoms with Crippen LogP contribution in [0.2, 0.25) is 0 Å².